The quantitative estimate of drug-likeness (QED) is 0.792. The normalized spacial score (nSPS) is 32.2. The largest absolute Gasteiger partial charge is 0.353 e. The lowest BCUT2D eigenvalue weighted by Crippen LogP contribution is -2.40. The van der Waals surface area contributed by atoms with Gasteiger partial charge in [-0.25, -0.2) is 0 Å². The Morgan fingerprint density at radius 1 is 1.11 bits per heavy atom. The average Bonchev–Trinajstić information content (AvgIpc) is 3.01. The highest BCUT2D eigenvalue weighted by molar-refractivity contribution is 5.55. The van der Waals surface area contributed by atoms with Gasteiger partial charge in [-0.3, -0.25) is 0 Å². The van der Waals surface area contributed by atoms with E-state index in [1.54, 1.807) is 0 Å². The lowest BCUT2D eigenvalue weighted by molar-refractivity contribution is 0.0201. The third-order valence-electron chi connectivity index (χ3n) is 4.94. The molecule has 3 rings (SSSR count). The number of aryl methyl sites for hydroxylation is 1. The summed E-state index contributed by atoms with van der Waals surface area (Å²) in [6.45, 7) is 6.72. The van der Waals surface area contributed by atoms with Crippen LogP contribution in [0.2, 0.25) is 0 Å². The van der Waals surface area contributed by atoms with Gasteiger partial charge in [0.15, 0.2) is 0 Å². The lowest BCUT2D eigenvalue weighted by Gasteiger charge is -2.33. The van der Waals surface area contributed by atoms with E-state index >= 15 is 0 Å². The van der Waals surface area contributed by atoms with E-state index in [9.17, 15) is 0 Å². The summed E-state index contributed by atoms with van der Waals surface area (Å²) in [5.74, 6) is 0.715. The molecule has 2 heteroatoms. The topological polar surface area (TPSA) is 12.5 Å². The van der Waals surface area contributed by atoms with Crippen LogP contribution in [0.4, 0.5) is 5.69 Å². The first-order chi connectivity index (χ1) is 9.18. The fourth-order valence-electron chi connectivity index (χ4n) is 3.65. The van der Waals surface area contributed by atoms with Crippen LogP contribution in [-0.4, -0.2) is 18.4 Å². The van der Waals surface area contributed by atoms with Crippen molar-refractivity contribution < 1.29 is 4.74 Å². The molecule has 0 spiro atoms. The Morgan fingerprint density at radius 2 is 1.79 bits per heavy atom. The highest BCUT2D eigenvalue weighted by Crippen LogP contribution is 2.40. The third kappa shape index (κ3) is 2.27. The number of rotatable bonds is 2. The summed E-state index contributed by atoms with van der Waals surface area (Å²) in [6, 6.07) is 9.18. The second-order valence-electron chi connectivity index (χ2n) is 6.21. The number of ether oxygens (including phenoxy) is 1. The molecule has 2 fully saturated rings. The van der Waals surface area contributed by atoms with Crippen molar-refractivity contribution in [1.29, 1.82) is 0 Å². The summed E-state index contributed by atoms with van der Waals surface area (Å²) in [6.07, 6.45) is 6.00. The molecule has 2 unspecified atom stereocenters. The van der Waals surface area contributed by atoms with Crippen molar-refractivity contribution in [3.63, 3.8) is 0 Å². The van der Waals surface area contributed by atoms with E-state index in [4.69, 9.17) is 4.74 Å². The molecule has 1 aliphatic carbocycles. The number of hydrogen-bond donors (Lipinski definition) is 0. The Kier molecular flexibility index (Phi) is 3.53. The molecule has 19 heavy (non-hydrogen) atoms. The van der Waals surface area contributed by atoms with E-state index in [0.29, 0.717) is 18.1 Å². The van der Waals surface area contributed by atoms with Crippen LogP contribution in [0.3, 0.4) is 0 Å². The van der Waals surface area contributed by atoms with Gasteiger partial charge in [0, 0.05) is 11.6 Å². The number of para-hydroxylation sites is 1. The number of anilines is 1. The van der Waals surface area contributed by atoms with Gasteiger partial charge in [0.2, 0.25) is 0 Å². The van der Waals surface area contributed by atoms with Gasteiger partial charge in [-0.05, 0) is 45.2 Å². The van der Waals surface area contributed by atoms with Gasteiger partial charge < -0.3 is 9.64 Å². The summed E-state index contributed by atoms with van der Waals surface area (Å²) in [5.41, 5.74) is 2.71. The Hall–Kier alpha value is -1.02. The number of hydrogen-bond acceptors (Lipinski definition) is 2. The molecule has 0 N–H and O–H groups in total. The van der Waals surface area contributed by atoms with E-state index in [1.165, 1.54) is 36.9 Å². The maximum absolute atomic E-state index is 6.31. The zero-order valence-electron chi connectivity index (χ0n) is 12.3. The molecule has 1 heterocycles. The maximum atomic E-state index is 6.31. The van der Waals surface area contributed by atoms with Gasteiger partial charge in [-0.15, -0.1) is 0 Å². The predicted molar refractivity (Wildman–Crippen MR) is 79.4 cm³/mol. The van der Waals surface area contributed by atoms with Crippen LogP contribution in [0.15, 0.2) is 24.3 Å². The molecule has 1 saturated carbocycles. The van der Waals surface area contributed by atoms with Crippen molar-refractivity contribution in [3.8, 4) is 0 Å². The van der Waals surface area contributed by atoms with Crippen LogP contribution in [0.25, 0.3) is 0 Å². The van der Waals surface area contributed by atoms with E-state index in [2.05, 4.69) is 49.9 Å². The van der Waals surface area contributed by atoms with Crippen molar-refractivity contribution in [2.45, 2.75) is 64.8 Å². The average molecular weight is 259 g/mol. The van der Waals surface area contributed by atoms with Crippen LogP contribution in [-0.2, 0) is 4.74 Å². The zero-order chi connectivity index (χ0) is 13.4. The van der Waals surface area contributed by atoms with Gasteiger partial charge in [-0.1, -0.05) is 31.0 Å². The molecule has 2 nitrogen and oxygen atoms in total. The first kappa shape index (κ1) is 13.0. The number of benzene rings is 1. The summed E-state index contributed by atoms with van der Waals surface area (Å²) in [7, 11) is 0. The molecule has 2 aliphatic rings. The maximum Gasteiger partial charge on any atom is 0.133 e. The second-order valence-corrected chi connectivity index (χ2v) is 6.21. The summed E-state index contributed by atoms with van der Waals surface area (Å²) >= 11 is 0. The van der Waals surface area contributed by atoms with Crippen molar-refractivity contribution >= 4 is 5.69 Å². The van der Waals surface area contributed by atoms with Crippen LogP contribution < -0.4 is 4.90 Å². The Balaban J connectivity index is 1.93. The van der Waals surface area contributed by atoms with Gasteiger partial charge in [0.1, 0.15) is 6.23 Å². The second kappa shape index (κ2) is 5.16. The molecule has 3 atom stereocenters. The third-order valence-corrected chi connectivity index (χ3v) is 4.94. The van der Waals surface area contributed by atoms with Crippen molar-refractivity contribution in [2.75, 3.05) is 4.90 Å². The Morgan fingerprint density at radius 3 is 2.47 bits per heavy atom. The van der Waals surface area contributed by atoms with Crippen LogP contribution in [0.1, 0.15) is 45.1 Å². The molecule has 0 amide bonds. The summed E-state index contributed by atoms with van der Waals surface area (Å²) in [4.78, 5) is 2.54. The van der Waals surface area contributed by atoms with Crippen molar-refractivity contribution in [3.05, 3.63) is 29.8 Å². The van der Waals surface area contributed by atoms with Gasteiger partial charge in [0.25, 0.3) is 0 Å². The molecule has 1 aromatic carbocycles. The van der Waals surface area contributed by atoms with Gasteiger partial charge in [-0.2, -0.15) is 0 Å². The minimum absolute atomic E-state index is 0.286. The molecule has 0 radical (unpaired) electrons. The first-order valence-electron chi connectivity index (χ1n) is 7.68. The smallest absolute Gasteiger partial charge is 0.133 e. The highest BCUT2D eigenvalue weighted by Gasteiger charge is 2.42. The summed E-state index contributed by atoms with van der Waals surface area (Å²) in [5, 5.41) is 0. The highest BCUT2D eigenvalue weighted by atomic mass is 16.5. The molecule has 0 aromatic heterocycles. The Bertz CT molecular complexity index is 439. The standard InChI is InChI=1S/C17H25NO/c1-12-8-4-7-11-16(12)18-13(2)14(3)19-17(18)15-9-5-6-10-15/h4,7-8,11,13-15,17H,5-6,9-10H2,1-3H3/t13-,14?,17?/m0/s1. The fraction of sp³-hybridized carbons (Fsp3) is 0.647. The van der Waals surface area contributed by atoms with E-state index in [1.807, 2.05) is 0 Å². The SMILES string of the molecule is Cc1ccccc1N1C(C2CCCC2)OC(C)[C@@H]1C. The van der Waals surface area contributed by atoms with E-state index < -0.39 is 0 Å². The molecule has 104 valence electrons. The fourth-order valence-corrected chi connectivity index (χ4v) is 3.65. The monoisotopic (exact) mass is 259 g/mol. The lowest BCUT2D eigenvalue weighted by atomic mass is 10.0. The minimum Gasteiger partial charge on any atom is -0.353 e. The van der Waals surface area contributed by atoms with Crippen LogP contribution in [0, 0.1) is 12.8 Å². The van der Waals surface area contributed by atoms with Crippen LogP contribution >= 0.6 is 0 Å². The predicted octanol–water partition coefficient (Wildman–Crippen LogP) is 4.12. The Labute approximate surface area is 116 Å². The van der Waals surface area contributed by atoms with E-state index in [0.717, 1.165) is 0 Å². The van der Waals surface area contributed by atoms with Gasteiger partial charge in [0.05, 0.1) is 12.1 Å². The molecular formula is C17H25NO. The van der Waals surface area contributed by atoms with E-state index in [-0.39, 0.29) is 6.23 Å². The van der Waals surface area contributed by atoms with Crippen LogP contribution in [0.5, 0.6) is 0 Å². The molecular weight excluding hydrogens is 234 g/mol. The zero-order valence-corrected chi connectivity index (χ0v) is 12.3. The molecule has 1 aromatic rings. The minimum atomic E-state index is 0.286. The summed E-state index contributed by atoms with van der Waals surface area (Å²) < 4.78 is 6.31. The molecule has 1 aliphatic heterocycles. The molecule has 1 saturated heterocycles. The first-order valence-corrected chi connectivity index (χ1v) is 7.68. The van der Waals surface area contributed by atoms with Crippen molar-refractivity contribution in [1.82, 2.24) is 0 Å². The molecule has 0 bridgehead atoms. The van der Waals surface area contributed by atoms with Crippen molar-refractivity contribution in [2.24, 2.45) is 5.92 Å². The van der Waals surface area contributed by atoms with Gasteiger partial charge >= 0.3 is 0 Å². The number of nitrogens with zero attached hydrogens (tertiary/aromatic N) is 1.